The molecule has 0 unspecified atom stereocenters. The van der Waals surface area contributed by atoms with Gasteiger partial charge in [0.05, 0.1) is 0 Å². The number of piperidine rings is 1. The lowest BCUT2D eigenvalue weighted by atomic mass is 10.0. The molecule has 2 heterocycles. The Morgan fingerprint density at radius 3 is 2.59 bits per heavy atom. The maximum Gasteiger partial charge on any atom is 0.407 e. The molecule has 3 N–H and O–H groups in total. The zero-order valence-electron chi connectivity index (χ0n) is 16.8. The lowest BCUT2D eigenvalue weighted by Gasteiger charge is -2.25. The highest BCUT2D eigenvalue weighted by molar-refractivity contribution is 5.68. The summed E-state index contributed by atoms with van der Waals surface area (Å²) in [5.74, 6) is 1.06. The van der Waals surface area contributed by atoms with E-state index >= 15 is 0 Å². The highest BCUT2D eigenvalue weighted by Gasteiger charge is 2.30. The Hall–Kier alpha value is -1.89. The number of anilines is 1. The predicted molar refractivity (Wildman–Crippen MR) is 106 cm³/mol. The molecule has 2 fully saturated rings. The number of ether oxygens (including phenoxy) is 1. The van der Waals surface area contributed by atoms with Crippen LogP contribution in [-0.2, 0) is 4.74 Å². The van der Waals surface area contributed by atoms with Gasteiger partial charge in [-0.15, -0.1) is 0 Å². The molecule has 2 atom stereocenters. The number of hydrogen-bond acceptors (Lipinski definition) is 6. The second-order valence-corrected chi connectivity index (χ2v) is 8.41. The van der Waals surface area contributed by atoms with E-state index in [0.717, 1.165) is 57.2 Å². The van der Waals surface area contributed by atoms with Crippen molar-refractivity contribution < 1.29 is 9.53 Å². The van der Waals surface area contributed by atoms with Gasteiger partial charge in [0.2, 0.25) is 5.95 Å². The molecule has 1 aromatic heterocycles. The van der Waals surface area contributed by atoms with Crippen molar-refractivity contribution in [1.29, 1.82) is 0 Å². The summed E-state index contributed by atoms with van der Waals surface area (Å²) in [6.45, 7) is 8.14. The van der Waals surface area contributed by atoms with Gasteiger partial charge in [0.1, 0.15) is 6.10 Å². The Labute approximate surface area is 162 Å². The smallest absolute Gasteiger partial charge is 0.407 e. The maximum atomic E-state index is 12.1. The van der Waals surface area contributed by atoms with Crippen LogP contribution in [-0.4, -0.2) is 46.8 Å². The SMILES string of the molecule is CCC(C)(C)NC(=O)O[C@@H]1CC[C@H](c2cnc(NC3CCNCC3)nc2)C1. The number of aromatic nitrogens is 2. The number of alkyl carbamates (subject to hydrolysis) is 1. The van der Waals surface area contributed by atoms with Crippen LogP contribution in [0, 0.1) is 0 Å². The van der Waals surface area contributed by atoms with Crippen LogP contribution in [0.5, 0.6) is 0 Å². The van der Waals surface area contributed by atoms with Gasteiger partial charge in [-0.25, -0.2) is 14.8 Å². The van der Waals surface area contributed by atoms with E-state index in [-0.39, 0.29) is 17.7 Å². The summed E-state index contributed by atoms with van der Waals surface area (Å²) in [6.07, 6.45) is 9.29. The van der Waals surface area contributed by atoms with Gasteiger partial charge in [-0.3, -0.25) is 0 Å². The van der Waals surface area contributed by atoms with Crippen LogP contribution in [0.1, 0.15) is 70.8 Å². The van der Waals surface area contributed by atoms with E-state index in [1.165, 1.54) is 0 Å². The highest BCUT2D eigenvalue weighted by Crippen LogP contribution is 2.35. The molecule has 1 aliphatic carbocycles. The van der Waals surface area contributed by atoms with Crippen molar-refractivity contribution in [2.75, 3.05) is 18.4 Å². The Morgan fingerprint density at radius 2 is 1.93 bits per heavy atom. The molecule has 27 heavy (non-hydrogen) atoms. The molecule has 7 nitrogen and oxygen atoms in total. The van der Waals surface area contributed by atoms with E-state index in [9.17, 15) is 4.79 Å². The molecule has 1 saturated heterocycles. The van der Waals surface area contributed by atoms with E-state index in [1.807, 2.05) is 26.2 Å². The van der Waals surface area contributed by atoms with Crippen molar-refractivity contribution in [2.24, 2.45) is 0 Å². The Kier molecular flexibility index (Phi) is 6.52. The molecule has 0 bridgehead atoms. The van der Waals surface area contributed by atoms with E-state index in [0.29, 0.717) is 17.9 Å². The molecule has 0 aromatic carbocycles. The first-order valence-electron chi connectivity index (χ1n) is 10.2. The lowest BCUT2D eigenvalue weighted by Crippen LogP contribution is -2.44. The van der Waals surface area contributed by atoms with Crippen molar-refractivity contribution >= 4 is 12.0 Å². The number of nitrogens with zero attached hydrogens (tertiary/aromatic N) is 2. The van der Waals surface area contributed by atoms with Gasteiger partial charge in [0.25, 0.3) is 0 Å². The fourth-order valence-electron chi connectivity index (χ4n) is 3.67. The zero-order chi connectivity index (χ0) is 19.3. The summed E-state index contributed by atoms with van der Waals surface area (Å²) in [7, 11) is 0. The normalized spacial score (nSPS) is 23.8. The van der Waals surface area contributed by atoms with E-state index in [1.54, 1.807) is 0 Å². The first kappa shape index (κ1) is 19.9. The molecule has 0 radical (unpaired) electrons. The molecule has 2 aliphatic rings. The van der Waals surface area contributed by atoms with Crippen LogP contribution in [0.2, 0.25) is 0 Å². The van der Waals surface area contributed by atoms with Crippen LogP contribution in [0.15, 0.2) is 12.4 Å². The summed E-state index contributed by atoms with van der Waals surface area (Å²) in [5, 5.41) is 9.71. The van der Waals surface area contributed by atoms with Crippen LogP contribution in [0.25, 0.3) is 0 Å². The Bertz CT molecular complexity index is 613. The summed E-state index contributed by atoms with van der Waals surface area (Å²) in [4.78, 5) is 21.1. The van der Waals surface area contributed by atoms with Gasteiger partial charge in [0, 0.05) is 24.0 Å². The van der Waals surface area contributed by atoms with Crippen LogP contribution in [0.3, 0.4) is 0 Å². The number of carbonyl (C=O) groups excluding carboxylic acids is 1. The summed E-state index contributed by atoms with van der Waals surface area (Å²) < 4.78 is 5.62. The van der Waals surface area contributed by atoms with Crippen molar-refractivity contribution in [3.63, 3.8) is 0 Å². The summed E-state index contributed by atoms with van der Waals surface area (Å²) in [5.41, 5.74) is 0.895. The Balaban J connectivity index is 1.47. The van der Waals surface area contributed by atoms with Crippen LogP contribution < -0.4 is 16.0 Å². The fraction of sp³-hybridized carbons (Fsp3) is 0.750. The second-order valence-electron chi connectivity index (χ2n) is 8.41. The molecule has 0 spiro atoms. The largest absolute Gasteiger partial charge is 0.446 e. The number of rotatable bonds is 6. The van der Waals surface area contributed by atoms with Gasteiger partial charge in [0.15, 0.2) is 0 Å². The number of amides is 1. The maximum absolute atomic E-state index is 12.1. The molecule has 1 aromatic rings. The topological polar surface area (TPSA) is 88.2 Å². The third-order valence-corrected chi connectivity index (χ3v) is 5.80. The predicted octanol–water partition coefficient (Wildman–Crippen LogP) is 3.19. The second kappa shape index (κ2) is 8.87. The fourth-order valence-corrected chi connectivity index (χ4v) is 3.67. The van der Waals surface area contributed by atoms with Gasteiger partial charge in [-0.2, -0.15) is 0 Å². The number of hydrogen-bond donors (Lipinski definition) is 3. The average Bonchev–Trinajstić information content (AvgIpc) is 3.11. The third kappa shape index (κ3) is 5.79. The first-order valence-corrected chi connectivity index (χ1v) is 10.2. The van der Waals surface area contributed by atoms with Crippen molar-refractivity contribution in [3.8, 4) is 0 Å². The molecule has 3 rings (SSSR count). The van der Waals surface area contributed by atoms with Crippen molar-refractivity contribution in [1.82, 2.24) is 20.6 Å². The number of nitrogens with one attached hydrogen (secondary N) is 3. The zero-order valence-corrected chi connectivity index (χ0v) is 16.8. The lowest BCUT2D eigenvalue weighted by molar-refractivity contribution is 0.0922. The van der Waals surface area contributed by atoms with Crippen molar-refractivity contribution in [2.45, 2.75) is 82.9 Å². The van der Waals surface area contributed by atoms with Gasteiger partial charge in [-0.1, -0.05) is 6.92 Å². The summed E-state index contributed by atoms with van der Waals surface area (Å²) in [6, 6.07) is 0.451. The van der Waals surface area contributed by atoms with E-state index in [4.69, 9.17) is 4.74 Å². The van der Waals surface area contributed by atoms with Crippen LogP contribution in [0.4, 0.5) is 10.7 Å². The standard InChI is InChI=1S/C20H33N5O2/c1-4-20(2,3)25-19(26)27-17-6-5-14(11-17)15-12-22-18(23-13-15)24-16-7-9-21-10-8-16/h12-14,16-17,21H,4-11H2,1-3H3,(H,25,26)(H,22,23,24)/t14-,17+/m0/s1. The van der Waals surface area contributed by atoms with Crippen molar-refractivity contribution in [3.05, 3.63) is 18.0 Å². The highest BCUT2D eigenvalue weighted by atomic mass is 16.6. The molecule has 1 aliphatic heterocycles. The minimum absolute atomic E-state index is 0.0322. The van der Waals surface area contributed by atoms with Gasteiger partial charge < -0.3 is 20.7 Å². The molecular weight excluding hydrogens is 342 g/mol. The molecule has 150 valence electrons. The van der Waals surface area contributed by atoms with Gasteiger partial charge in [-0.05, 0) is 76.9 Å². The third-order valence-electron chi connectivity index (χ3n) is 5.80. The molecule has 1 saturated carbocycles. The monoisotopic (exact) mass is 375 g/mol. The van der Waals surface area contributed by atoms with Crippen LogP contribution >= 0.6 is 0 Å². The molecule has 1 amide bonds. The quantitative estimate of drug-likeness (QED) is 0.708. The first-order chi connectivity index (χ1) is 12.9. The number of carbonyl (C=O) groups is 1. The molecule has 7 heteroatoms. The minimum Gasteiger partial charge on any atom is -0.446 e. The van der Waals surface area contributed by atoms with E-state index in [2.05, 4.69) is 32.8 Å². The Morgan fingerprint density at radius 1 is 1.22 bits per heavy atom. The summed E-state index contributed by atoms with van der Waals surface area (Å²) >= 11 is 0. The minimum atomic E-state index is -0.315. The molecular formula is C20H33N5O2. The van der Waals surface area contributed by atoms with Gasteiger partial charge >= 0.3 is 6.09 Å². The average molecular weight is 376 g/mol. The van der Waals surface area contributed by atoms with E-state index < -0.39 is 0 Å².